The third-order valence-corrected chi connectivity index (χ3v) is 4.34. The fourth-order valence-electron chi connectivity index (χ4n) is 3.04. The predicted octanol–water partition coefficient (Wildman–Crippen LogP) is 2.71. The van der Waals surface area contributed by atoms with Gasteiger partial charge in [0, 0.05) is 5.70 Å². The summed E-state index contributed by atoms with van der Waals surface area (Å²) in [5.41, 5.74) is 1.90. The molecule has 1 N–H and O–H groups in total. The van der Waals surface area contributed by atoms with Crippen LogP contribution in [0.2, 0.25) is 0 Å². The molecule has 0 spiro atoms. The van der Waals surface area contributed by atoms with E-state index in [9.17, 15) is 4.79 Å². The Morgan fingerprint density at radius 3 is 2.71 bits per heavy atom. The van der Waals surface area contributed by atoms with Gasteiger partial charge in [-0.05, 0) is 47.9 Å². The lowest BCUT2D eigenvalue weighted by Crippen LogP contribution is -2.29. The van der Waals surface area contributed by atoms with Crippen LogP contribution in [0.5, 0.6) is 11.5 Å². The highest BCUT2D eigenvalue weighted by Crippen LogP contribution is 2.38. The molecule has 0 saturated heterocycles. The predicted molar refractivity (Wildman–Crippen MR) is 102 cm³/mol. The van der Waals surface area contributed by atoms with Crippen molar-refractivity contribution in [2.24, 2.45) is 0 Å². The zero-order valence-corrected chi connectivity index (χ0v) is 16.6. The van der Waals surface area contributed by atoms with Gasteiger partial charge in [0.2, 0.25) is 5.95 Å². The zero-order valence-electron chi connectivity index (χ0n) is 16.6. The number of hydrogen-bond acceptors (Lipinski definition) is 8. The van der Waals surface area contributed by atoms with Gasteiger partial charge < -0.3 is 19.5 Å². The van der Waals surface area contributed by atoms with Gasteiger partial charge in [-0.2, -0.15) is 4.68 Å². The molecule has 0 fully saturated rings. The van der Waals surface area contributed by atoms with Gasteiger partial charge in [0.1, 0.15) is 6.04 Å². The summed E-state index contributed by atoms with van der Waals surface area (Å²) in [5, 5.41) is 14.9. The van der Waals surface area contributed by atoms with Crippen LogP contribution in [0.25, 0.3) is 0 Å². The standard InChI is InChI=1S/C19H25N5O4/c1-5-9-27-14-8-7-13(11-15(14)26-4)17-16(18(25)28-10-6-2)12(3)20-19-21-22-23-24(17)19/h7-8,11,17H,5-6,9-10H2,1-4H3,(H,20,21,23). The molecular weight excluding hydrogens is 362 g/mol. The largest absolute Gasteiger partial charge is 0.493 e. The second-order valence-corrected chi connectivity index (χ2v) is 6.41. The molecule has 0 radical (unpaired) electrons. The number of hydrogen-bond donors (Lipinski definition) is 1. The van der Waals surface area contributed by atoms with Crippen molar-refractivity contribution >= 4 is 11.9 Å². The molecule has 1 aromatic heterocycles. The molecule has 28 heavy (non-hydrogen) atoms. The summed E-state index contributed by atoms with van der Waals surface area (Å²) >= 11 is 0. The number of carbonyl (C=O) groups is 1. The van der Waals surface area contributed by atoms with Crippen molar-refractivity contribution in [3.63, 3.8) is 0 Å². The third-order valence-electron chi connectivity index (χ3n) is 4.34. The van der Waals surface area contributed by atoms with Gasteiger partial charge in [0.25, 0.3) is 0 Å². The Labute approximate surface area is 163 Å². The van der Waals surface area contributed by atoms with E-state index in [4.69, 9.17) is 14.2 Å². The number of benzene rings is 1. The Morgan fingerprint density at radius 2 is 2.00 bits per heavy atom. The Hall–Kier alpha value is -3.10. The highest BCUT2D eigenvalue weighted by atomic mass is 16.5. The number of allylic oxidation sites excluding steroid dienone is 1. The van der Waals surface area contributed by atoms with Crippen molar-refractivity contribution in [1.29, 1.82) is 0 Å². The number of carbonyl (C=O) groups excluding carboxylic acids is 1. The average molecular weight is 387 g/mol. The molecule has 9 heteroatoms. The van der Waals surface area contributed by atoms with Crippen LogP contribution in [0.15, 0.2) is 29.5 Å². The lowest BCUT2D eigenvalue weighted by Gasteiger charge is -2.27. The number of nitrogens with zero attached hydrogens (tertiary/aromatic N) is 4. The number of fused-ring (bicyclic) bond motifs is 1. The fraction of sp³-hybridized carbons (Fsp3) is 0.474. The summed E-state index contributed by atoms with van der Waals surface area (Å²) in [4.78, 5) is 12.8. The second-order valence-electron chi connectivity index (χ2n) is 6.41. The minimum absolute atomic E-state index is 0.345. The maximum Gasteiger partial charge on any atom is 0.338 e. The van der Waals surface area contributed by atoms with Crippen LogP contribution >= 0.6 is 0 Å². The Balaban J connectivity index is 2.05. The number of methoxy groups -OCH3 is 1. The molecule has 9 nitrogen and oxygen atoms in total. The van der Waals surface area contributed by atoms with E-state index >= 15 is 0 Å². The lowest BCUT2D eigenvalue weighted by atomic mass is 9.95. The summed E-state index contributed by atoms with van der Waals surface area (Å²) in [7, 11) is 1.58. The summed E-state index contributed by atoms with van der Waals surface area (Å²) in [6.45, 7) is 6.73. The molecule has 0 bridgehead atoms. The van der Waals surface area contributed by atoms with Crippen LogP contribution < -0.4 is 14.8 Å². The molecule has 1 atom stereocenters. The molecule has 2 heterocycles. The van der Waals surface area contributed by atoms with Crippen LogP contribution in [-0.4, -0.2) is 46.5 Å². The molecule has 0 aliphatic carbocycles. The number of esters is 1. The van der Waals surface area contributed by atoms with Crippen LogP contribution in [0.3, 0.4) is 0 Å². The number of aromatic nitrogens is 4. The van der Waals surface area contributed by atoms with Crippen molar-refractivity contribution in [3.8, 4) is 11.5 Å². The first-order valence-corrected chi connectivity index (χ1v) is 9.34. The number of anilines is 1. The summed E-state index contributed by atoms with van der Waals surface area (Å²) in [6, 6.07) is 5.02. The highest BCUT2D eigenvalue weighted by molar-refractivity contribution is 5.92. The quantitative estimate of drug-likeness (QED) is 0.690. The van der Waals surface area contributed by atoms with Gasteiger partial charge in [-0.3, -0.25) is 0 Å². The van der Waals surface area contributed by atoms with Gasteiger partial charge in [-0.25, -0.2) is 4.79 Å². The number of ether oxygens (including phenoxy) is 3. The molecule has 0 saturated carbocycles. The lowest BCUT2D eigenvalue weighted by molar-refractivity contribution is -0.139. The van der Waals surface area contributed by atoms with E-state index in [1.807, 2.05) is 39.0 Å². The van der Waals surface area contributed by atoms with E-state index < -0.39 is 12.0 Å². The minimum atomic E-state index is -0.537. The van der Waals surface area contributed by atoms with E-state index in [1.165, 1.54) is 0 Å². The van der Waals surface area contributed by atoms with Gasteiger partial charge in [0.05, 0.1) is 25.9 Å². The Kier molecular flexibility index (Phi) is 6.13. The van der Waals surface area contributed by atoms with Crippen LogP contribution in [-0.2, 0) is 9.53 Å². The molecule has 1 aromatic carbocycles. The first-order chi connectivity index (χ1) is 13.6. The van der Waals surface area contributed by atoms with Gasteiger partial charge in [-0.1, -0.05) is 25.0 Å². The van der Waals surface area contributed by atoms with E-state index in [1.54, 1.807) is 11.8 Å². The van der Waals surface area contributed by atoms with Gasteiger partial charge >= 0.3 is 5.97 Å². The van der Waals surface area contributed by atoms with Gasteiger partial charge in [-0.15, -0.1) is 0 Å². The monoisotopic (exact) mass is 387 g/mol. The molecule has 1 aliphatic rings. The van der Waals surface area contributed by atoms with Crippen molar-refractivity contribution < 1.29 is 19.0 Å². The second kappa shape index (κ2) is 8.73. The summed E-state index contributed by atoms with van der Waals surface area (Å²) in [6.07, 6.45) is 1.63. The molecular formula is C19H25N5O4. The van der Waals surface area contributed by atoms with Crippen molar-refractivity contribution in [2.75, 3.05) is 25.6 Å². The van der Waals surface area contributed by atoms with E-state index in [-0.39, 0.29) is 0 Å². The number of rotatable bonds is 8. The summed E-state index contributed by atoms with van der Waals surface area (Å²) in [5.74, 6) is 1.29. The van der Waals surface area contributed by atoms with E-state index in [0.29, 0.717) is 41.9 Å². The SMILES string of the molecule is CCCOC(=O)C1=C(C)Nc2nnnn2C1c1ccc(OCCC)c(OC)c1. The molecule has 1 aliphatic heterocycles. The topological polar surface area (TPSA) is 100 Å². The average Bonchev–Trinajstić information content (AvgIpc) is 3.17. The van der Waals surface area contributed by atoms with Crippen LogP contribution in [0.4, 0.5) is 5.95 Å². The molecule has 1 unspecified atom stereocenters. The third kappa shape index (κ3) is 3.78. The van der Waals surface area contributed by atoms with E-state index in [2.05, 4.69) is 20.8 Å². The maximum absolute atomic E-state index is 12.8. The Morgan fingerprint density at radius 1 is 1.21 bits per heavy atom. The fourth-order valence-corrected chi connectivity index (χ4v) is 3.04. The Bertz CT molecular complexity index is 877. The molecule has 2 aromatic rings. The van der Waals surface area contributed by atoms with Crippen LogP contribution in [0.1, 0.15) is 45.2 Å². The molecule has 0 amide bonds. The number of tetrazole rings is 1. The van der Waals surface area contributed by atoms with Crippen molar-refractivity contribution in [3.05, 3.63) is 35.0 Å². The summed E-state index contributed by atoms with van der Waals surface area (Å²) < 4.78 is 18.2. The van der Waals surface area contributed by atoms with Crippen molar-refractivity contribution in [1.82, 2.24) is 20.2 Å². The zero-order chi connectivity index (χ0) is 20.1. The van der Waals surface area contributed by atoms with Crippen molar-refractivity contribution in [2.45, 2.75) is 39.7 Å². The minimum Gasteiger partial charge on any atom is -0.493 e. The number of nitrogens with one attached hydrogen (secondary N) is 1. The van der Waals surface area contributed by atoms with Crippen LogP contribution in [0, 0.1) is 0 Å². The molecule has 3 rings (SSSR count). The first kappa shape index (κ1) is 19.7. The normalized spacial score (nSPS) is 15.6. The first-order valence-electron chi connectivity index (χ1n) is 9.34. The van der Waals surface area contributed by atoms with E-state index in [0.717, 1.165) is 18.4 Å². The smallest absolute Gasteiger partial charge is 0.338 e. The highest BCUT2D eigenvalue weighted by Gasteiger charge is 2.35. The maximum atomic E-state index is 12.8. The van der Waals surface area contributed by atoms with Gasteiger partial charge in [0.15, 0.2) is 11.5 Å². The molecule has 150 valence electrons.